The van der Waals surface area contributed by atoms with Crippen LogP contribution in [0.1, 0.15) is 6.42 Å². The minimum absolute atomic E-state index is 0.951. The maximum absolute atomic E-state index is 9.39. The topological polar surface area (TPSA) is 51.2 Å². The first-order valence-corrected chi connectivity index (χ1v) is 6.62. The SMILES string of the molecule is O=[C]=[Mo](=[C]=O)=[C]=O.[C-]1=CC=CC=CC1. The summed E-state index contributed by atoms with van der Waals surface area (Å²) in [7, 11) is 0. The Morgan fingerprint density at radius 2 is 1.64 bits per heavy atom. The minimum atomic E-state index is -2.85. The van der Waals surface area contributed by atoms with Gasteiger partial charge < -0.3 is 0 Å². The Labute approximate surface area is 86.1 Å². The fourth-order valence-electron chi connectivity index (χ4n) is 0.521. The van der Waals surface area contributed by atoms with E-state index in [4.69, 9.17) is 0 Å². The van der Waals surface area contributed by atoms with Crippen molar-refractivity contribution in [3.05, 3.63) is 36.5 Å². The van der Waals surface area contributed by atoms with Crippen LogP contribution in [0.4, 0.5) is 0 Å². The van der Waals surface area contributed by atoms with E-state index < -0.39 is 15.9 Å². The molecule has 3 nitrogen and oxygen atoms in total. The smallest absolute Gasteiger partial charge is 0.0852 e. The van der Waals surface area contributed by atoms with Gasteiger partial charge in [-0.1, -0.05) is 18.6 Å². The Morgan fingerprint density at radius 3 is 2.14 bits per heavy atom. The van der Waals surface area contributed by atoms with Crippen LogP contribution in [0.15, 0.2) is 30.4 Å². The second kappa shape index (κ2) is 9.73. The van der Waals surface area contributed by atoms with Gasteiger partial charge in [-0.2, -0.15) is 0 Å². The Kier molecular flexibility index (Phi) is 8.79. The van der Waals surface area contributed by atoms with Gasteiger partial charge in [-0.3, -0.25) is 6.08 Å². The summed E-state index contributed by atoms with van der Waals surface area (Å²) in [5, 5.41) is 0. The molecule has 0 fully saturated rings. The van der Waals surface area contributed by atoms with Gasteiger partial charge in [-0.15, -0.1) is 6.08 Å². The largest absolute Gasteiger partial charge is 0.271 e. The Balaban J connectivity index is 0.000000241. The van der Waals surface area contributed by atoms with E-state index in [-0.39, 0.29) is 0 Å². The average molecular weight is 271 g/mol. The molecular weight excluding hydrogens is 264 g/mol. The van der Waals surface area contributed by atoms with Crippen molar-refractivity contribution >= 4 is 12.8 Å². The maximum Gasteiger partial charge on any atom is -0.0852 e. The zero-order valence-corrected chi connectivity index (χ0v) is 9.23. The van der Waals surface area contributed by atoms with Crippen molar-refractivity contribution in [3.8, 4) is 0 Å². The molecule has 0 saturated carbocycles. The Bertz CT molecular complexity index is 402. The van der Waals surface area contributed by atoms with E-state index in [0.717, 1.165) is 6.42 Å². The van der Waals surface area contributed by atoms with Gasteiger partial charge in [0.15, 0.2) is 0 Å². The molecule has 0 N–H and O–H groups in total. The first-order valence-electron chi connectivity index (χ1n) is 3.61. The van der Waals surface area contributed by atoms with E-state index in [1.165, 1.54) is 12.8 Å². The van der Waals surface area contributed by atoms with Crippen LogP contribution in [-0.2, 0) is 30.3 Å². The van der Waals surface area contributed by atoms with Crippen LogP contribution in [0.3, 0.4) is 0 Å². The zero-order chi connectivity index (χ0) is 10.6. The summed E-state index contributed by atoms with van der Waals surface area (Å²) in [6, 6.07) is 0. The average Bonchev–Trinajstić information content (AvgIpc) is 2.53. The molecule has 0 unspecified atom stereocenters. The second-order valence-corrected chi connectivity index (χ2v) is 4.68. The maximum atomic E-state index is 9.39. The molecule has 72 valence electrons. The van der Waals surface area contributed by atoms with Crippen LogP contribution < -0.4 is 0 Å². The molecule has 0 radical (unpaired) electrons. The number of carbonyl (C=O) groups excluding carboxylic acids is 3. The van der Waals surface area contributed by atoms with E-state index in [1.807, 2.05) is 24.3 Å². The fourth-order valence-corrected chi connectivity index (χ4v) is 0.772. The van der Waals surface area contributed by atoms with Crippen molar-refractivity contribution in [1.82, 2.24) is 0 Å². The number of hydrogen-bond acceptors (Lipinski definition) is 3. The molecule has 0 heterocycles. The number of hydrogen-bond donors (Lipinski definition) is 0. The summed E-state index contributed by atoms with van der Waals surface area (Å²) in [4.78, 5) is 28.2. The molecule has 4 heteroatoms. The van der Waals surface area contributed by atoms with Crippen LogP contribution in [0.2, 0.25) is 0 Å². The molecule has 0 aromatic rings. The first-order chi connectivity index (χ1) is 6.85. The van der Waals surface area contributed by atoms with Gasteiger partial charge in [0.25, 0.3) is 0 Å². The Morgan fingerprint density at radius 1 is 1.00 bits per heavy atom. The van der Waals surface area contributed by atoms with Crippen LogP contribution in [0, 0.1) is 6.08 Å². The second-order valence-electron chi connectivity index (χ2n) is 1.94. The molecule has 1 aliphatic carbocycles. The van der Waals surface area contributed by atoms with Crippen LogP contribution in [0.5, 0.6) is 0 Å². The van der Waals surface area contributed by atoms with Gasteiger partial charge in [-0.25, -0.2) is 12.2 Å². The molecule has 1 aliphatic rings. The van der Waals surface area contributed by atoms with Crippen LogP contribution >= 0.6 is 0 Å². The van der Waals surface area contributed by atoms with Crippen molar-refractivity contribution in [2.24, 2.45) is 0 Å². The molecule has 0 bridgehead atoms. The van der Waals surface area contributed by atoms with E-state index >= 15 is 0 Å². The predicted octanol–water partition coefficient (Wildman–Crippen LogP) is 0.668. The fraction of sp³-hybridized carbons (Fsp3) is 0.100. The van der Waals surface area contributed by atoms with Crippen molar-refractivity contribution in [1.29, 1.82) is 0 Å². The van der Waals surface area contributed by atoms with Gasteiger partial charge >= 0.3 is 43.1 Å². The van der Waals surface area contributed by atoms with Gasteiger partial charge in [0.1, 0.15) is 0 Å². The van der Waals surface area contributed by atoms with Crippen LogP contribution in [-0.4, -0.2) is 12.8 Å². The quantitative estimate of drug-likeness (QED) is 0.480. The molecule has 0 aromatic carbocycles. The monoisotopic (exact) mass is 273 g/mol. The van der Waals surface area contributed by atoms with Crippen molar-refractivity contribution in [3.63, 3.8) is 0 Å². The standard InChI is InChI=1S/C7H7.3CO.Mo/c1-2-4-6-7-5-3-1;3*1-2;/h1-5H,6H2;;;;/q-1;;;;. The Hall–Kier alpha value is -1.35. The molecule has 1 rings (SSSR count). The van der Waals surface area contributed by atoms with E-state index in [2.05, 4.69) is 12.2 Å². The molecule has 0 spiro atoms. The van der Waals surface area contributed by atoms with Crippen molar-refractivity contribution < 1.29 is 30.3 Å². The summed E-state index contributed by atoms with van der Waals surface area (Å²) < 4.78 is 3.82. The molecule has 0 aliphatic heterocycles. The van der Waals surface area contributed by atoms with Gasteiger partial charge in [0.05, 0.1) is 0 Å². The van der Waals surface area contributed by atoms with Gasteiger partial charge in [-0.05, 0) is 0 Å². The zero-order valence-electron chi connectivity index (χ0n) is 7.23. The number of allylic oxidation sites excluding steroid dienone is 6. The van der Waals surface area contributed by atoms with Crippen molar-refractivity contribution in [2.45, 2.75) is 6.42 Å². The molecule has 0 aromatic heterocycles. The van der Waals surface area contributed by atoms with Gasteiger partial charge in [0.2, 0.25) is 0 Å². The third kappa shape index (κ3) is 7.31. The van der Waals surface area contributed by atoms with Gasteiger partial charge in [0, 0.05) is 0 Å². The number of rotatable bonds is 0. The molecule has 0 amide bonds. The third-order valence-electron chi connectivity index (χ3n) is 1.06. The van der Waals surface area contributed by atoms with E-state index in [1.54, 1.807) is 0 Å². The molecular formula is C10H7MoO3-. The summed E-state index contributed by atoms with van der Waals surface area (Å²) in [6.07, 6.45) is 14.0. The summed E-state index contributed by atoms with van der Waals surface area (Å²) in [5.41, 5.74) is 0. The molecule has 0 atom stereocenters. The summed E-state index contributed by atoms with van der Waals surface area (Å²) >= 11 is -2.85. The van der Waals surface area contributed by atoms with E-state index in [0.29, 0.717) is 0 Å². The van der Waals surface area contributed by atoms with E-state index in [9.17, 15) is 14.4 Å². The minimum Gasteiger partial charge on any atom is -0.271 e. The summed E-state index contributed by atoms with van der Waals surface area (Å²) in [5.74, 6) is 0. The predicted molar refractivity (Wildman–Crippen MR) is 47.8 cm³/mol. The molecule has 0 saturated heterocycles. The molecule has 14 heavy (non-hydrogen) atoms. The summed E-state index contributed by atoms with van der Waals surface area (Å²) in [6.45, 7) is 0. The third-order valence-corrected chi connectivity index (χ3v) is 2.29. The van der Waals surface area contributed by atoms with Crippen LogP contribution in [0.25, 0.3) is 0 Å². The normalized spacial score (nSPS) is 11.1. The first kappa shape index (κ1) is 12.6. The van der Waals surface area contributed by atoms with Crippen molar-refractivity contribution in [2.75, 3.05) is 0 Å².